The van der Waals surface area contributed by atoms with Crippen molar-refractivity contribution in [2.45, 2.75) is 12.4 Å². The first kappa shape index (κ1) is 18.7. The van der Waals surface area contributed by atoms with Crippen LogP contribution in [0.4, 0.5) is 13.2 Å². The highest BCUT2D eigenvalue weighted by molar-refractivity contribution is 5.94. The molecule has 1 amide bonds. The molecule has 0 saturated carbocycles. The summed E-state index contributed by atoms with van der Waals surface area (Å²) < 4.78 is 42.9. The molecule has 0 saturated heterocycles. The lowest BCUT2D eigenvalue weighted by Gasteiger charge is -2.24. The minimum absolute atomic E-state index is 0.259. The number of amides is 1. The first-order chi connectivity index (χ1) is 13.9. The molecule has 10 heteroatoms. The van der Waals surface area contributed by atoms with Gasteiger partial charge in [0, 0.05) is 6.54 Å². The van der Waals surface area contributed by atoms with Crippen LogP contribution < -0.4 is 20.8 Å². The summed E-state index contributed by atoms with van der Waals surface area (Å²) in [6.45, 7) is 0.607. The molecule has 0 radical (unpaired) electrons. The molecule has 1 aromatic heterocycles. The number of ether oxygens (including phenoxy) is 1. The van der Waals surface area contributed by atoms with Crippen LogP contribution in [0, 0.1) is 0 Å². The number of halogens is 3. The van der Waals surface area contributed by atoms with E-state index in [-0.39, 0.29) is 17.4 Å². The van der Waals surface area contributed by atoms with E-state index in [1.54, 1.807) is 24.3 Å². The molecule has 2 aromatic rings. The number of fused-ring (bicyclic) bond motifs is 1. The van der Waals surface area contributed by atoms with Crippen LogP contribution in [0.15, 0.2) is 60.6 Å². The van der Waals surface area contributed by atoms with Crippen molar-refractivity contribution in [2.75, 3.05) is 12.0 Å². The lowest BCUT2D eigenvalue weighted by Crippen LogP contribution is -2.35. The number of allylic oxidation sites excluding steroid dienone is 2. The van der Waals surface area contributed by atoms with Gasteiger partial charge >= 0.3 is 6.36 Å². The van der Waals surface area contributed by atoms with E-state index in [1.165, 1.54) is 29.1 Å². The zero-order valence-electron chi connectivity index (χ0n) is 14.9. The van der Waals surface area contributed by atoms with Gasteiger partial charge in [-0.2, -0.15) is 0 Å². The molecule has 29 heavy (non-hydrogen) atoms. The quantitative estimate of drug-likeness (QED) is 0.732. The third-order valence-electron chi connectivity index (χ3n) is 4.24. The number of imidazole rings is 1. The lowest BCUT2D eigenvalue weighted by atomic mass is 10.1. The summed E-state index contributed by atoms with van der Waals surface area (Å²) in [5, 5.41) is 5.77. The Kier molecular flexibility index (Phi) is 4.75. The number of hydrogen-bond donors (Lipinski definition) is 3. The molecule has 0 bridgehead atoms. The van der Waals surface area contributed by atoms with E-state index in [4.69, 9.17) is 0 Å². The first-order valence-electron chi connectivity index (χ1n) is 8.69. The summed E-state index contributed by atoms with van der Waals surface area (Å²) in [5.41, 5.74) is 3.88. The first-order valence-corrected chi connectivity index (χ1v) is 8.69. The van der Waals surface area contributed by atoms with Gasteiger partial charge in [-0.1, -0.05) is 30.4 Å². The van der Waals surface area contributed by atoms with Crippen molar-refractivity contribution < 1.29 is 22.7 Å². The number of carbonyl (C=O) groups excluding carboxylic acids is 1. The van der Waals surface area contributed by atoms with E-state index in [0.29, 0.717) is 23.8 Å². The minimum Gasteiger partial charge on any atom is -0.406 e. The van der Waals surface area contributed by atoms with Gasteiger partial charge in [0.15, 0.2) is 5.82 Å². The third kappa shape index (κ3) is 4.26. The van der Waals surface area contributed by atoms with Crippen molar-refractivity contribution in [3.63, 3.8) is 0 Å². The van der Waals surface area contributed by atoms with Crippen LogP contribution in [0.3, 0.4) is 0 Å². The molecule has 150 valence electrons. The monoisotopic (exact) mass is 403 g/mol. The molecular formula is C19H16F3N5O2. The number of carbonyl (C=O) groups is 1. The van der Waals surface area contributed by atoms with Gasteiger partial charge in [-0.15, -0.1) is 13.2 Å². The van der Waals surface area contributed by atoms with E-state index in [1.807, 2.05) is 12.2 Å². The maximum atomic E-state index is 12.6. The highest BCUT2D eigenvalue weighted by Crippen LogP contribution is 2.28. The summed E-state index contributed by atoms with van der Waals surface area (Å²) >= 11 is 0. The molecule has 3 N–H and O–H groups in total. The predicted octanol–water partition coefficient (Wildman–Crippen LogP) is 2.82. The minimum atomic E-state index is -4.77. The summed E-state index contributed by atoms with van der Waals surface area (Å²) in [5.74, 6) is 0.365. The van der Waals surface area contributed by atoms with E-state index in [9.17, 15) is 18.0 Å². The van der Waals surface area contributed by atoms with Crippen LogP contribution in [0.25, 0.3) is 6.08 Å². The average molecular weight is 403 g/mol. The van der Waals surface area contributed by atoms with Gasteiger partial charge in [-0.05, 0) is 29.8 Å². The van der Waals surface area contributed by atoms with Crippen LogP contribution in [0.2, 0.25) is 0 Å². The Morgan fingerprint density at radius 1 is 1.34 bits per heavy atom. The number of nitrogens with zero attached hydrogens (tertiary/aromatic N) is 2. The molecule has 1 atom stereocenters. The number of alkyl halides is 3. The molecule has 2 aliphatic rings. The molecular weight excluding hydrogens is 387 g/mol. The van der Waals surface area contributed by atoms with Crippen LogP contribution in [0.1, 0.15) is 27.9 Å². The Bertz CT molecular complexity index is 1020. The number of rotatable bonds is 4. The molecule has 0 aliphatic carbocycles. The van der Waals surface area contributed by atoms with E-state index in [2.05, 4.69) is 25.8 Å². The van der Waals surface area contributed by atoms with Gasteiger partial charge in [0.25, 0.3) is 5.91 Å². The lowest BCUT2D eigenvalue weighted by molar-refractivity contribution is -0.274. The van der Waals surface area contributed by atoms with Crippen molar-refractivity contribution in [3.8, 4) is 5.75 Å². The van der Waals surface area contributed by atoms with E-state index < -0.39 is 12.4 Å². The largest absolute Gasteiger partial charge is 0.573 e. The van der Waals surface area contributed by atoms with Crippen LogP contribution in [0.5, 0.6) is 5.75 Å². The van der Waals surface area contributed by atoms with Crippen LogP contribution in [-0.2, 0) is 0 Å². The van der Waals surface area contributed by atoms with Crippen molar-refractivity contribution in [2.24, 2.45) is 0 Å². The van der Waals surface area contributed by atoms with Gasteiger partial charge in [0.05, 0.1) is 12.2 Å². The Morgan fingerprint density at radius 2 is 2.21 bits per heavy atom. The predicted molar refractivity (Wildman–Crippen MR) is 99.2 cm³/mol. The molecule has 2 aliphatic heterocycles. The molecule has 1 unspecified atom stereocenters. The highest BCUT2D eigenvalue weighted by Gasteiger charge is 2.31. The smallest absolute Gasteiger partial charge is 0.406 e. The standard InChI is InChI=1S/C19H16F3N5O2/c20-19(21,22)29-13-5-3-4-12(10-13)14-7-8-17-24-11-15(27(17)26-14)18(28)25-16-6-1-2-9-23-16/h1-8,10-11,14,23,26H,9H2,(H,25,28). The molecule has 0 spiro atoms. The van der Waals surface area contributed by atoms with Crippen LogP contribution >= 0.6 is 0 Å². The number of nitrogens with one attached hydrogen (secondary N) is 3. The van der Waals surface area contributed by atoms with Gasteiger partial charge in [0.2, 0.25) is 0 Å². The van der Waals surface area contributed by atoms with Crippen LogP contribution in [-0.4, -0.2) is 28.5 Å². The Hall–Kier alpha value is -3.69. The Labute approximate surface area is 163 Å². The van der Waals surface area contributed by atoms with Crippen molar-refractivity contribution >= 4 is 12.0 Å². The number of dihydropyridines is 1. The van der Waals surface area contributed by atoms with Gasteiger partial charge in [0.1, 0.15) is 17.3 Å². The normalized spacial score (nSPS) is 17.6. The maximum absolute atomic E-state index is 12.6. The fraction of sp³-hybridized carbons (Fsp3) is 0.158. The fourth-order valence-corrected chi connectivity index (χ4v) is 2.97. The summed E-state index contributed by atoms with van der Waals surface area (Å²) in [7, 11) is 0. The maximum Gasteiger partial charge on any atom is 0.573 e. The Balaban J connectivity index is 1.54. The third-order valence-corrected chi connectivity index (χ3v) is 4.24. The second-order valence-electron chi connectivity index (χ2n) is 6.27. The van der Waals surface area contributed by atoms with Crippen molar-refractivity contribution in [3.05, 3.63) is 77.7 Å². The average Bonchev–Trinajstić information content (AvgIpc) is 3.11. The molecule has 3 heterocycles. The second-order valence-corrected chi connectivity index (χ2v) is 6.27. The summed E-state index contributed by atoms with van der Waals surface area (Å²) in [4.78, 5) is 16.8. The zero-order valence-corrected chi connectivity index (χ0v) is 14.9. The zero-order chi connectivity index (χ0) is 20.4. The Morgan fingerprint density at radius 3 is 2.97 bits per heavy atom. The number of hydrogen-bond acceptors (Lipinski definition) is 5. The topological polar surface area (TPSA) is 80.2 Å². The van der Waals surface area contributed by atoms with Gasteiger partial charge in [-0.3, -0.25) is 4.79 Å². The molecule has 1 aromatic carbocycles. The van der Waals surface area contributed by atoms with E-state index >= 15 is 0 Å². The van der Waals surface area contributed by atoms with Gasteiger partial charge < -0.3 is 20.8 Å². The number of aromatic nitrogens is 2. The van der Waals surface area contributed by atoms with Crippen molar-refractivity contribution in [1.82, 2.24) is 20.3 Å². The highest BCUT2D eigenvalue weighted by atomic mass is 19.4. The van der Waals surface area contributed by atoms with E-state index in [0.717, 1.165) is 0 Å². The summed E-state index contributed by atoms with van der Waals surface area (Å²) in [6.07, 6.45) is 5.55. The second kappa shape index (κ2) is 7.38. The molecule has 4 rings (SSSR count). The fourth-order valence-electron chi connectivity index (χ4n) is 2.97. The summed E-state index contributed by atoms with van der Waals surface area (Å²) in [6, 6.07) is 5.17. The molecule has 0 fully saturated rings. The number of benzene rings is 1. The van der Waals surface area contributed by atoms with Crippen molar-refractivity contribution in [1.29, 1.82) is 0 Å². The van der Waals surface area contributed by atoms with Gasteiger partial charge in [-0.25, -0.2) is 9.66 Å². The SMILES string of the molecule is O=C(NC1=CC=CCN1)c1cnc2n1NC(c1cccc(OC(F)(F)F)c1)C=C2. The molecule has 7 nitrogen and oxygen atoms in total.